The average molecular weight is 437 g/mol. The summed E-state index contributed by atoms with van der Waals surface area (Å²) >= 11 is 0. The molecule has 0 radical (unpaired) electrons. The van der Waals surface area contributed by atoms with Gasteiger partial charge in [-0.2, -0.15) is 0 Å². The zero-order chi connectivity index (χ0) is 22.2. The Morgan fingerprint density at radius 3 is 2.44 bits per heavy atom. The molecule has 8 heteroatoms. The van der Waals surface area contributed by atoms with Gasteiger partial charge in [-0.3, -0.25) is 29.4 Å². The molecule has 3 saturated heterocycles. The summed E-state index contributed by atoms with van der Waals surface area (Å²) in [5, 5.41) is 2.23. The number of nitrogens with zero attached hydrogens (tertiary/aromatic N) is 3. The monoisotopic (exact) mass is 436 g/mol. The van der Waals surface area contributed by atoms with Gasteiger partial charge in [0.25, 0.3) is 11.8 Å². The molecule has 1 aliphatic carbocycles. The maximum absolute atomic E-state index is 13.0. The number of piperidine rings is 1. The first-order valence-corrected chi connectivity index (χ1v) is 11.7. The molecule has 2 unspecified atom stereocenters. The molecule has 4 heterocycles. The zero-order valence-corrected chi connectivity index (χ0v) is 18.3. The third-order valence-electron chi connectivity index (χ3n) is 8.15. The van der Waals surface area contributed by atoms with E-state index >= 15 is 0 Å². The predicted octanol–water partition coefficient (Wildman–Crippen LogP) is 1.40. The van der Waals surface area contributed by atoms with Crippen LogP contribution in [-0.4, -0.2) is 71.7 Å². The number of fused-ring (bicyclic) bond motifs is 1. The van der Waals surface area contributed by atoms with Crippen molar-refractivity contribution in [2.24, 2.45) is 11.3 Å². The Morgan fingerprint density at radius 1 is 1.00 bits per heavy atom. The predicted molar refractivity (Wildman–Crippen MR) is 116 cm³/mol. The summed E-state index contributed by atoms with van der Waals surface area (Å²) in [5.41, 5.74) is 2.05. The number of likely N-dealkylation sites (tertiary alicyclic amines) is 1. The Morgan fingerprint density at radius 2 is 1.75 bits per heavy atom. The highest BCUT2D eigenvalue weighted by molar-refractivity contribution is 6.23. The number of hydrogen-bond donors (Lipinski definition) is 1. The molecule has 4 aliphatic heterocycles. The first kappa shape index (κ1) is 19.9. The van der Waals surface area contributed by atoms with Crippen LogP contribution >= 0.6 is 0 Å². The Kier molecular flexibility index (Phi) is 4.28. The summed E-state index contributed by atoms with van der Waals surface area (Å²) < 4.78 is 0. The van der Waals surface area contributed by atoms with Gasteiger partial charge < -0.3 is 9.80 Å². The molecule has 0 aromatic heterocycles. The fourth-order valence-electron chi connectivity index (χ4n) is 6.36. The summed E-state index contributed by atoms with van der Waals surface area (Å²) in [6, 6.07) is 5.21. The van der Waals surface area contributed by atoms with Crippen molar-refractivity contribution in [1.29, 1.82) is 0 Å². The lowest BCUT2D eigenvalue weighted by atomic mass is 9.60. The lowest BCUT2D eigenvalue weighted by Crippen LogP contribution is -2.66. The lowest BCUT2D eigenvalue weighted by Gasteiger charge is -2.61. The summed E-state index contributed by atoms with van der Waals surface area (Å²) in [5.74, 6) is -1.02. The fourth-order valence-corrected chi connectivity index (χ4v) is 6.36. The quantitative estimate of drug-likeness (QED) is 0.721. The van der Waals surface area contributed by atoms with Crippen LogP contribution in [0.1, 0.15) is 59.7 Å². The van der Waals surface area contributed by atoms with Crippen LogP contribution in [0, 0.1) is 11.3 Å². The maximum Gasteiger partial charge on any atom is 0.262 e. The Labute approximate surface area is 186 Å². The van der Waals surface area contributed by atoms with E-state index in [2.05, 4.69) is 22.0 Å². The second-order valence-electron chi connectivity index (χ2n) is 10.5. The summed E-state index contributed by atoms with van der Waals surface area (Å²) in [7, 11) is 0. The molecule has 1 N–H and O–H groups in total. The van der Waals surface area contributed by atoms with Gasteiger partial charge in [-0.1, -0.05) is 6.92 Å². The standard InChI is InChI=1S/C24H28N4O4/c1-14-6-7-26(11-14)16-9-24(10-16)12-27(13-24)15-2-3-17-18(8-15)23(32)28(22(17)31)19-4-5-20(29)25-21(19)30/h2-3,8,14,16,19H,4-7,9-13H2,1H3,(H,25,29,30). The van der Waals surface area contributed by atoms with Gasteiger partial charge in [0, 0.05) is 43.2 Å². The first-order chi connectivity index (χ1) is 15.3. The molecule has 1 aromatic carbocycles. The third kappa shape index (κ3) is 2.92. The van der Waals surface area contributed by atoms with E-state index in [4.69, 9.17) is 0 Å². The largest absolute Gasteiger partial charge is 0.370 e. The minimum Gasteiger partial charge on any atom is -0.370 e. The molecule has 1 saturated carbocycles. The molecule has 6 rings (SSSR count). The smallest absolute Gasteiger partial charge is 0.262 e. The number of anilines is 1. The molecule has 4 fully saturated rings. The molecule has 5 aliphatic rings. The van der Waals surface area contributed by atoms with E-state index in [1.54, 1.807) is 12.1 Å². The van der Waals surface area contributed by atoms with E-state index in [1.165, 1.54) is 32.4 Å². The molecule has 32 heavy (non-hydrogen) atoms. The number of nitrogens with one attached hydrogen (secondary N) is 1. The summed E-state index contributed by atoms with van der Waals surface area (Å²) in [6.07, 6.45) is 4.12. The van der Waals surface area contributed by atoms with Crippen molar-refractivity contribution in [3.05, 3.63) is 29.3 Å². The molecular weight excluding hydrogens is 408 g/mol. The number of carbonyl (C=O) groups excluding carboxylic acids is 4. The van der Waals surface area contributed by atoms with Crippen LogP contribution in [0.15, 0.2) is 18.2 Å². The molecule has 168 valence electrons. The molecule has 8 nitrogen and oxygen atoms in total. The maximum atomic E-state index is 13.0. The van der Waals surface area contributed by atoms with Crippen molar-refractivity contribution < 1.29 is 19.2 Å². The number of benzene rings is 1. The van der Waals surface area contributed by atoms with Crippen LogP contribution in [0.5, 0.6) is 0 Å². The second-order valence-corrected chi connectivity index (χ2v) is 10.5. The van der Waals surface area contributed by atoms with Gasteiger partial charge in [0.15, 0.2) is 0 Å². The molecule has 1 spiro atoms. The average Bonchev–Trinajstić information content (AvgIpc) is 3.22. The van der Waals surface area contributed by atoms with Crippen LogP contribution in [0.4, 0.5) is 5.69 Å². The first-order valence-electron chi connectivity index (χ1n) is 11.7. The van der Waals surface area contributed by atoms with Gasteiger partial charge in [0.1, 0.15) is 6.04 Å². The highest BCUT2D eigenvalue weighted by Gasteiger charge is 2.54. The van der Waals surface area contributed by atoms with E-state index in [-0.39, 0.29) is 18.7 Å². The van der Waals surface area contributed by atoms with E-state index < -0.39 is 23.8 Å². The fraction of sp³-hybridized carbons (Fsp3) is 0.583. The van der Waals surface area contributed by atoms with Crippen LogP contribution in [0.2, 0.25) is 0 Å². The highest BCUT2D eigenvalue weighted by Crippen LogP contribution is 2.52. The Bertz CT molecular complexity index is 1040. The van der Waals surface area contributed by atoms with E-state index in [0.29, 0.717) is 16.5 Å². The van der Waals surface area contributed by atoms with Crippen LogP contribution in [0.3, 0.4) is 0 Å². The van der Waals surface area contributed by atoms with Crippen LogP contribution in [-0.2, 0) is 9.59 Å². The van der Waals surface area contributed by atoms with Gasteiger partial charge in [-0.25, -0.2) is 0 Å². The van der Waals surface area contributed by atoms with Crippen molar-refractivity contribution in [3.8, 4) is 0 Å². The number of hydrogen-bond acceptors (Lipinski definition) is 6. The van der Waals surface area contributed by atoms with E-state index in [9.17, 15) is 19.2 Å². The lowest BCUT2D eigenvalue weighted by molar-refractivity contribution is -0.136. The number of imide groups is 2. The molecule has 2 atom stereocenters. The molecule has 1 aromatic rings. The van der Waals surface area contributed by atoms with Crippen molar-refractivity contribution in [2.75, 3.05) is 31.1 Å². The highest BCUT2D eigenvalue weighted by atomic mass is 16.2. The van der Waals surface area contributed by atoms with Crippen molar-refractivity contribution in [2.45, 2.75) is 51.1 Å². The summed E-state index contributed by atoms with van der Waals surface area (Å²) in [4.78, 5) is 55.5. The molecular formula is C24H28N4O4. The van der Waals surface area contributed by atoms with Gasteiger partial charge in [0.05, 0.1) is 11.1 Å². The molecule has 4 amide bonds. The SMILES string of the molecule is CC1CCN(C2CC3(C2)CN(c2ccc4c(c2)C(=O)N(C2CCC(=O)NC2=O)C4=O)C3)C1. The third-order valence-corrected chi connectivity index (χ3v) is 8.15. The number of rotatable bonds is 3. The minimum absolute atomic E-state index is 0.127. The van der Waals surface area contributed by atoms with Gasteiger partial charge in [0.2, 0.25) is 11.8 Å². The zero-order valence-electron chi connectivity index (χ0n) is 18.3. The molecule has 0 bridgehead atoms. The Balaban J connectivity index is 1.13. The van der Waals surface area contributed by atoms with Crippen molar-refractivity contribution in [3.63, 3.8) is 0 Å². The Hall–Kier alpha value is -2.74. The van der Waals surface area contributed by atoms with Crippen LogP contribution in [0.25, 0.3) is 0 Å². The number of amides is 4. The van der Waals surface area contributed by atoms with Crippen molar-refractivity contribution >= 4 is 29.3 Å². The van der Waals surface area contributed by atoms with Gasteiger partial charge in [-0.15, -0.1) is 0 Å². The van der Waals surface area contributed by atoms with E-state index in [0.717, 1.165) is 35.6 Å². The van der Waals surface area contributed by atoms with Gasteiger partial charge in [-0.05, 0) is 56.3 Å². The normalized spacial score (nSPS) is 29.9. The van der Waals surface area contributed by atoms with Crippen molar-refractivity contribution in [1.82, 2.24) is 15.1 Å². The van der Waals surface area contributed by atoms with Gasteiger partial charge >= 0.3 is 0 Å². The number of carbonyl (C=O) groups is 4. The van der Waals surface area contributed by atoms with E-state index in [1.807, 2.05) is 6.07 Å². The topological polar surface area (TPSA) is 90.0 Å². The minimum atomic E-state index is -0.920. The van der Waals surface area contributed by atoms with Crippen LogP contribution < -0.4 is 10.2 Å². The second kappa shape index (κ2) is 6.88. The summed E-state index contributed by atoms with van der Waals surface area (Å²) in [6.45, 7) is 6.78.